The van der Waals surface area contributed by atoms with Crippen molar-refractivity contribution in [3.05, 3.63) is 71.8 Å². The maximum absolute atomic E-state index is 3.82. The summed E-state index contributed by atoms with van der Waals surface area (Å²) < 4.78 is 0. The molecular formula is C20H25N. The third kappa shape index (κ3) is 2.89. The number of hydrogen-bond acceptors (Lipinski definition) is 1. The van der Waals surface area contributed by atoms with Crippen LogP contribution in [0.5, 0.6) is 0 Å². The Bertz CT molecular complexity index is 499. The molecule has 2 aromatic carbocycles. The summed E-state index contributed by atoms with van der Waals surface area (Å²) in [6.45, 7) is 3.54. The van der Waals surface area contributed by atoms with Crippen LogP contribution in [0.2, 0.25) is 0 Å². The van der Waals surface area contributed by atoms with Crippen molar-refractivity contribution >= 4 is 0 Å². The van der Waals surface area contributed by atoms with Gasteiger partial charge in [-0.1, -0.05) is 73.5 Å². The molecule has 21 heavy (non-hydrogen) atoms. The average Bonchev–Trinajstić information content (AvgIpc) is 2.85. The lowest BCUT2D eigenvalue weighted by Crippen LogP contribution is -2.47. The van der Waals surface area contributed by atoms with Crippen LogP contribution in [0, 0.1) is 0 Å². The molecule has 1 aliphatic heterocycles. The normalized spacial score (nSPS) is 20.0. The van der Waals surface area contributed by atoms with Gasteiger partial charge < -0.3 is 5.32 Å². The van der Waals surface area contributed by atoms with Crippen LogP contribution in [0.25, 0.3) is 0 Å². The Kier molecular flexibility index (Phi) is 4.40. The van der Waals surface area contributed by atoms with E-state index in [1.807, 2.05) is 0 Å². The quantitative estimate of drug-likeness (QED) is 0.870. The largest absolute Gasteiger partial charge is 0.313 e. The summed E-state index contributed by atoms with van der Waals surface area (Å²) >= 11 is 0. The van der Waals surface area contributed by atoms with Gasteiger partial charge in [0.15, 0.2) is 0 Å². The van der Waals surface area contributed by atoms with E-state index < -0.39 is 0 Å². The summed E-state index contributed by atoms with van der Waals surface area (Å²) in [4.78, 5) is 0. The maximum Gasteiger partial charge on any atom is 0.0327 e. The Morgan fingerprint density at radius 3 is 1.95 bits per heavy atom. The van der Waals surface area contributed by atoms with Crippen molar-refractivity contribution in [3.63, 3.8) is 0 Å². The minimum absolute atomic E-state index is 0.0346. The van der Waals surface area contributed by atoms with Crippen LogP contribution in [-0.2, 0) is 5.41 Å². The summed E-state index contributed by atoms with van der Waals surface area (Å²) in [6.07, 6.45) is 5.23. The third-order valence-electron chi connectivity index (χ3n) is 5.00. The van der Waals surface area contributed by atoms with Crippen LogP contribution in [0.3, 0.4) is 0 Å². The fraction of sp³-hybridized carbons (Fsp3) is 0.400. The summed E-state index contributed by atoms with van der Waals surface area (Å²) in [5.74, 6) is 0. The fourth-order valence-corrected chi connectivity index (χ4v) is 3.66. The van der Waals surface area contributed by atoms with E-state index >= 15 is 0 Å². The van der Waals surface area contributed by atoms with Gasteiger partial charge in [0.05, 0.1) is 0 Å². The average molecular weight is 279 g/mol. The molecule has 0 aliphatic carbocycles. The minimum atomic E-state index is 0.0346. The van der Waals surface area contributed by atoms with Crippen molar-refractivity contribution in [3.8, 4) is 0 Å². The van der Waals surface area contributed by atoms with Gasteiger partial charge in [-0.15, -0.1) is 0 Å². The Balaban J connectivity index is 2.06. The van der Waals surface area contributed by atoms with E-state index in [4.69, 9.17) is 0 Å². The van der Waals surface area contributed by atoms with Gasteiger partial charge in [-0.25, -0.2) is 0 Å². The van der Waals surface area contributed by atoms with Crippen LogP contribution in [0.1, 0.15) is 43.7 Å². The molecule has 1 heterocycles. The van der Waals surface area contributed by atoms with Crippen LogP contribution in [0.4, 0.5) is 0 Å². The summed E-state index contributed by atoms with van der Waals surface area (Å²) in [5, 5.41) is 3.82. The molecule has 1 N–H and O–H groups in total. The second-order valence-electron chi connectivity index (χ2n) is 6.29. The number of benzene rings is 2. The lowest BCUT2D eigenvalue weighted by molar-refractivity contribution is 0.359. The topological polar surface area (TPSA) is 12.0 Å². The van der Waals surface area contributed by atoms with Crippen molar-refractivity contribution in [2.45, 2.75) is 44.1 Å². The first-order chi connectivity index (χ1) is 10.3. The van der Waals surface area contributed by atoms with Gasteiger partial charge >= 0.3 is 0 Å². The molecule has 1 nitrogen and oxygen atoms in total. The Morgan fingerprint density at radius 1 is 0.810 bits per heavy atom. The number of rotatable bonds is 3. The van der Waals surface area contributed by atoms with Crippen LogP contribution >= 0.6 is 0 Å². The van der Waals surface area contributed by atoms with E-state index in [-0.39, 0.29) is 5.41 Å². The van der Waals surface area contributed by atoms with Gasteiger partial charge in [-0.05, 0) is 37.4 Å². The highest BCUT2D eigenvalue weighted by Gasteiger charge is 2.37. The lowest BCUT2D eigenvalue weighted by atomic mass is 9.69. The summed E-state index contributed by atoms with van der Waals surface area (Å²) in [6, 6.07) is 22.5. The third-order valence-corrected chi connectivity index (χ3v) is 5.00. The van der Waals surface area contributed by atoms with E-state index in [2.05, 4.69) is 72.9 Å². The van der Waals surface area contributed by atoms with Gasteiger partial charge in [0.25, 0.3) is 0 Å². The maximum atomic E-state index is 3.82. The second-order valence-corrected chi connectivity index (χ2v) is 6.29. The molecule has 0 bridgehead atoms. The molecule has 3 rings (SSSR count). The summed E-state index contributed by atoms with van der Waals surface area (Å²) in [5.41, 5.74) is 2.86. The van der Waals surface area contributed by atoms with E-state index in [0.29, 0.717) is 6.04 Å². The van der Waals surface area contributed by atoms with Gasteiger partial charge in [0.2, 0.25) is 0 Å². The molecule has 1 heteroatoms. The first-order valence-electron chi connectivity index (χ1n) is 8.16. The summed E-state index contributed by atoms with van der Waals surface area (Å²) in [7, 11) is 0. The Morgan fingerprint density at radius 2 is 1.38 bits per heavy atom. The zero-order valence-corrected chi connectivity index (χ0v) is 12.9. The van der Waals surface area contributed by atoms with Gasteiger partial charge in [-0.2, -0.15) is 0 Å². The van der Waals surface area contributed by atoms with Gasteiger partial charge in [0.1, 0.15) is 0 Å². The molecule has 0 aromatic heterocycles. The van der Waals surface area contributed by atoms with Gasteiger partial charge in [0, 0.05) is 11.5 Å². The van der Waals surface area contributed by atoms with Crippen LogP contribution in [0.15, 0.2) is 60.7 Å². The van der Waals surface area contributed by atoms with Crippen molar-refractivity contribution in [2.24, 2.45) is 0 Å². The van der Waals surface area contributed by atoms with Crippen LogP contribution < -0.4 is 5.32 Å². The molecule has 110 valence electrons. The molecule has 1 saturated heterocycles. The predicted octanol–water partition coefficient (Wildman–Crippen LogP) is 4.52. The van der Waals surface area contributed by atoms with E-state index in [1.165, 1.54) is 36.8 Å². The molecule has 0 amide bonds. The fourth-order valence-electron chi connectivity index (χ4n) is 3.66. The molecule has 0 saturated carbocycles. The van der Waals surface area contributed by atoms with E-state index in [0.717, 1.165) is 6.54 Å². The number of nitrogens with one attached hydrogen (secondary N) is 1. The monoisotopic (exact) mass is 279 g/mol. The highest BCUT2D eigenvalue weighted by molar-refractivity contribution is 5.40. The lowest BCUT2D eigenvalue weighted by Gasteiger charge is -2.39. The molecule has 1 aliphatic rings. The highest BCUT2D eigenvalue weighted by atomic mass is 14.9. The van der Waals surface area contributed by atoms with Crippen molar-refractivity contribution in [1.29, 1.82) is 0 Å². The second kappa shape index (κ2) is 6.44. The SMILES string of the molecule is CC(c1ccccc1)(c1ccccc1)C1CCCCCN1. The van der Waals surface area contributed by atoms with Crippen LogP contribution in [-0.4, -0.2) is 12.6 Å². The van der Waals surface area contributed by atoms with E-state index in [1.54, 1.807) is 0 Å². The van der Waals surface area contributed by atoms with Crippen molar-refractivity contribution in [2.75, 3.05) is 6.54 Å². The molecule has 0 radical (unpaired) electrons. The minimum Gasteiger partial charge on any atom is -0.313 e. The zero-order chi connectivity index (χ0) is 14.5. The Hall–Kier alpha value is -1.60. The zero-order valence-electron chi connectivity index (χ0n) is 12.9. The Labute approximate surface area is 128 Å². The highest BCUT2D eigenvalue weighted by Crippen LogP contribution is 2.37. The molecular weight excluding hydrogens is 254 g/mol. The van der Waals surface area contributed by atoms with Crippen molar-refractivity contribution < 1.29 is 0 Å². The smallest absolute Gasteiger partial charge is 0.0327 e. The van der Waals surface area contributed by atoms with Crippen molar-refractivity contribution in [1.82, 2.24) is 5.32 Å². The molecule has 1 fully saturated rings. The molecule has 1 atom stereocenters. The van der Waals surface area contributed by atoms with E-state index in [9.17, 15) is 0 Å². The first kappa shape index (κ1) is 14.3. The standard InChI is InChI=1S/C20H25N/c1-20(17-11-5-2-6-12-17,18-13-7-3-8-14-18)19-15-9-4-10-16-21-19/h2-3,5-8,11-14,19,21H,4,9-10,15-16H2,1H3. The molecule has 0 spiro atoms. The molecule has 1 unspecified atom stereocenters. The molecule has 2 aromatic rings. The first-order valence-corrected chi connectivity index (χ1v) is 8.16. The van der Waals surface area contributed by atoms with Gasteiger partial charge in [-0.3, -0.25) is 0 Å². The predicted molar refractivity (Wildman–Crippen MR) is 89.6 cm³/mol. The number of hydrogen-bond donors (Lipinski definition) is 1.